The van der Waals surface area contributed by atoms with E-state index in [-0.39, 0.29) is 6.42 Å². The Bertz CT molecular complexity index is 242. The van der Waals surface area contributed by atoms with Crippen LogP contribution >= 0.6 is 0 Å². The zero-order valence-electron chi connectivity index (χ0n) is 10.3. The lowest BCUT2D eigenvalue weighted by Crippen LogP contribution is -2.27. The smallest absolute Gasteiger partial charge is 0.407 e. The first-order valence-corrected chi connectivity index (χ1v) is 5.75. The van der Waals surface area contributed by atoms with E-state index in [0.717, 1.165) is 0 Å². The second kappa shape index (κ2) is 8.81. The summed E-state index contributed by atoms with van der Waals surface area (Å²) in [5.41, 5.74) is 0. The maximum Gasteiger partial charge on any atom is 0.407 e. The SMILES string of the molecule is CC(C)COC(=O)NCCCC[C@H](O)C(=O)O. The van der Waals surface area contributed by atoms with Gasteiger partial charge in [-0.1, -0.05) is 13.8 Å². The minimum absolute atomic E-state index is 0.193. The van der Waals surface area contributed by atoms with Gasteiger partial charge in [0.2, 0.25) is 0 Å². The van der Waals surface area contributed by atoms with Crippen LogP contribution in [-0.4, -0.2) is 41.5 Å². The number of nitrogens with one attached hydrogen (secondary N) is 1. The predicted octanol–water partition coefficient (Wildman–Crippen LogP) is 0.984. The van der Waals surface area contributed by atoms with Gasteiger partial charge >= 0.3 is 12.1 Å². The Hall–Kier alpha value is -1.30. The van der Waals surface area contributed by atoms with Gasteiger partial charge in [0.25, 0.3) is 0 Å². The van der Waals surface area contributed by atoms with Crippen molar-refractivity contribution in [2.45, 2.75) is 39.2 Å². The number of amides is 1. The van der Waals surface area contributed by atoms with E-state index in [9.17, 15) is 9.59 Å². The van der Waals surface area contributed by atoms with E-state index in [2.05, 4.69) is 5.32 Å². The highest BCUT2D eigenvalue weighted by atomic mass is 16.5. The number of alkyl carbamates (subject to hydrolysis) is 1. The Labute approximate surface area is 101 Å². The maximum absolute atomic E-state index is 11.1. The lowest BCUT2D eigenvalue weighted by molar-refractivity contribution is -0.146. The molecule has 0 fully saturated rings. The average molecular weight is 247 g/mol. The Balaban J connectivity index is 3.39. The van der Waals surface area contributed by atoms with Crippen LogP contribution in [-0.2, 0) is 9.53 Å². The molecule has 1 atom stereocenters. The highest BCUT2D eigenvalue weighted by Crippen LogP contribution is 2.00. The summed E-state index contributed by atoms with van der Waals surface area (Å²) in [7, 11) is 0. The van der Waals surface area contributed by atoms with Crippen LogP contribution in [0.2, 0.25) is 0 Å². The fourth-order valence-corrected chi connectivity index (χ4v) is 1.07. The Morgan fingerprint density at radius 1 is 1.29 bits per heavy atom. The molecule has 0 saturated carbocycles. The number of hydrogen-bond donors (Lipinski definition) is 3. The topological polar surface area (TPSA) is 95.9 Å². The third-order valence-electron chi connectivity index (χ3n) is 2.01. The van der Waals surface area contributed by atoms with Gasteiger partial charge in [0.15, 0.2) is 6.10 Å². The van der Waals surface area contributed by atoms with Gasteiger partial charge in [0, 0.05) is 6.54 Å². The van der Waals surface area contributed by atoms with Crippen molar-refractivity contribution in [2.75, 3.05) is 13.2 Å². The lowest BCUT2D eigenvalue weighted by atomic mass is 10.1. The Morgan fingerprint density at radius 3 is 2.47 bits per heavy atom. The molecule has 0 bridgehead atoms. The summed E-state index contributed by atoms with van der Waals surface area (Å²) < 4.78 is 4.88. The van der Waals surface area contributed by atoms with Crippen molar-refractivity contribution in [3.8, 4) is 0 Å². The standard InChI is InChI=1S/C11H21NO5/c1-8(2)7-17-11(16)12-6-4-3-5-9(13)10(14)15/h8-9,13H,3-7H2,1-2H3,(H,12,16)(H,14,15)/t9-/m0/s1. The number of aliphatic carboxylic acids is 1. The van der Waals surface area contributed by atoms with E-state index in [1.54, 1.807) is 0 Å². The quantitative estimate of drug-likeness (QED) is 0.556. The van der Waals surface area contributed by atoms with E-state index in [1.807, 2.05) is 13.8 Å². The molecule has 1 amide bonds. The average Bonchev–Trinajstić information content (AvgIpc) is 2.25. The summed E-state index contributed by atoms with van der Waals surface area (Å²) in [4.78, 5) is 21.4. The zero-order valence-corrected chi connectivity index (χ0v) is 10.3. The molecular formula is C11H21NO5. The second-order valence-corrected chi connectivity index (χ2v) is 4.27. The van der Waals surface area contributed by atoms with Crippen LogP contribution in [0, 0.1) is 5.92 Å². The van der Waals surface area contributed by atoms with Crippen molar-refractivity contribution in [3.05, 3.63) is 0 Å². The monoisotopic (exact) mass is 247 g/mol. The van der Waals surface area contributed by atoms with E-state index in [1.165, 1.54) is 0 Å². The molecule has 0 aliphatic heterocycles. The van der Waals surface area contributed by atoms with Crippen LogP contribution in [0.4, 0.5) is 4.79 Å². The number of carboxylic acid groups (broad SMARTS) is 1. The van der Waals surface area contributed by atoms with Crippen LogP contribution in [0.3, 0.4) is 0 Å². The highest BCUT2D eigenvalue weighted by Gasteiger charge is 2.11. The van der Waals surface area contributed by atoms with Gasteiger partial charge < -0.3 is 20.3 Å². The minimum atomic E-state index is -1.32. The van der Waals surface area contributed by atoms with E-state index < -0.39 is 18.2 Å². The number of hydrogen-bond acceptors (Lipinski definition) is 4. The van der Waals surface area contributed by atoms with Gasteiger partial charge in [-0.25, -0.2) is 9.59 Å². The first-order valence-electron chi connectivity index (χ1n) is 5.75. The fraction of sp³-hybridized carbons (Fsp3) is 0.818. The number of unbranched alkanes of at least 4 members (excludes halogenated alkanes) is 1. The molecule has 0 spiro atoms. The number of aliphatic hydroxyl groups is 1. The third-order valence-corrected chi connectivity index (χ3v) is 2.01. The third kappa shape index (κ3) is 9.62. The molecule has 6 nitrogen and oxygen atoms in total. The maximum atomic E-state index is 11.1. The van der Waals surface area contributed by atoms with E-state index in [4.69, 9.17) is 14.9 Å². The molecule has 3 N–H and O–H groups in total. The molecular weight excluding hydrogens is 226 g/mol. The molecule has 0 heterocycles. The van der Waals surface area contributed by atoms with Gasteiger partial charge in [-0.05, 0) is 25.2 Å². The summed E-state index contributed by atoms with van der Waals surface area (Å²) in [6, 6.07) is 0. The van der Waals surface area contributed by atoms with E-state index >= 15 is 0 Å². The van der Waals surface area contributed by atoms with Gasteiger partial charge in [0.05, 0.1) is 6.61 Å². The van der Waals surface area contributed by atoms with Crippen LogP contribution in [0.15, 0.2) is 0 Å². The van der Waals surface area contributed by atoms with Crippen LogP contribution < -0.4 is 5.32 Å². The van der Waals surface area contributed by atoms with Gasteiger partial charge in [0.1, 0.15) is 0 Å². The van der Waals surface area contributed by atoms with Crippen molar-refractivity contribution in [1.29, 1.82) is 0 Å². The van der Waals surface area contributed by atoms with Crippen molar-refractivity contribution < 1.29 is 24.5 Å². The molecule has 0 aromatic heterocycles. The number of carbonyl (C=O) groups excluding carboxylic acids is 1. The minimum Gasteiger partial charge on any atom is -0.479 e. The molecule has 0 radical (unpaired) electrons. The van der Waals surface area contributed by atoms with E-state index in [0.29, 0.717) is 31.9 Å². The molecule has 0 aromatic carbocycles. The predicted molar refractivity (Wildman–Crippen MR) is 61.7 cm³/mol. The normalized spacial score (nSPS) is 12.2. The number of ether oxygens (including phenoxy) is 1. The van der Waals surface area contributed by atoms with Gasteiger partial charge in [-0.15, -0.1) is 0 Å². The summed E-state index contributed by atoms with van der Waals surface area (Å²) in [6.45, 7) is 4.69. The molecule has 0 saturated heterocycles. The number of rotatable bonds is 8. The van der Waals surface area contributed by atoms with Gasteiger partial charge in [-0.3, -0.25) is 0 Å². The highest BCUT2D eigenvalue weighted by molar-refractivity contribution is 5.71. The Morgan fingerprint density at radius 2 is 1.94 bits per heavy atom. The van der Waals surface area contributed by atoms with Crippen molar-refractivity contribution in [2.24, 2.45) is 5.92 Å². The molecule has 0 unspecified atom stereocenters. The summed E-state index contributed by atoms with van der Waals surface area (Å²) >= 11 is 0. The van der Waals surface area contributed by atoms with Crippen LogP contribution in [0.25, 0.3) is 0 Å². The lowest BCUT2D eigenvalue weighted by Gasteiger charge is -2.09. The van der Waals surface area contributed by atoms with Crippen LogP contribution in [0.5, 0.6) is 0 Å². The van der Waals surface area contributed by atoms with Crippen molar-refractivity contribution >= 4 is 12.1 Å². The number of carbonyl (C=O) groups is 2. The number of aliphatic hydroxyl groups excluding tert-OH is 1. The molecule has 6 heteroatoms. The molecule has 0 rings (SSSR count). The summed E-state index contributed by atoms with van der Waals surface area (Å²) in [5, 5.41) is 19.9. The summed E-state index contributed by atoms with van der Waals surface area (Å²) in [5.74, 6) is -0.916. The fourth-order valence-electron chi connectivity index (χ4n) is 1.07. The zero-order chi connectivity index (χ0) is 13.3. The van der Waals surface area contributed by atoms with Crippen LogP contribution in [0.1, 0.15) is 33.1 Å². The largest absolute Gasteiger partial charge is 0.479 e. The molecule has 0 aliphatic rings. The summed E-state index contributed by atoms with van der Waals surface area (Å²) in [6.07, 6.45) is -0.433. The molecule has 0 aliphatic carbocycles. The first kappa shape index (κ1) is 15.7. The number of carboxylic acids is 1. The Kier molecular flexibility index (Phi) is 8.13. The van der Waals surface area contributed by atoms with Crippen molar-refractivity contribution in [3.63, 3.8) is 0 Å². The molecule has 100 valence electrons. The molecule has 17 heavy (non-hydrogen) atoms. The molecule has 0 aromatic rings. The van der Waals surface area contributed by atoms with Crippen molar-refractivity contribution in [1.82, 2.24) is 5.32 Å². The van der Waals surface area contributed by atoms with Gasteiger partial charge in [-0.2, -0.15) is 0 Å². The first-order chi connectivity index (χ1) is 7.93. The second-order valence-electron chi connectivity index (χ2n) is 4.27.